The lowest BCUT2D eigenvalue weighted by atomic mass is 10.0. The third kappa shape index (κ3) is 2.69. The second-order valence-electron chi connectivity index (χ2n) is 3.78. The first-order valence-electron chi connectivity index (χ1n) is 5.46. The zero-order valence-corrected chi connectivity index (χ0v) is 10.3. The maximum absolute atomic E-state index is 12.5. The van der Waals surface area contributed by atoms with Gasteiger partial charge in [0, 0.05) is 23.5 Å². The highest BCUT2D eigenvalue weighted by Crippen LogP contribution is 2.41. The summed E-state index contributed by atoms with van der Waals surface area (Å²) in [6, 6.07) is 6.19. The molecule has 0 fully saturated rings. The molecule has 0 saturated carbocycles. The number of methoxy groups -OCH3 is 1. The Morgan fingerprint density at radius 2 is 1.95 bits per heavy atom. The van der Waals surface area contributed by atoms with Crippen LogP contribution in [0.3, 0.4) is 0 Å². The minimum absolute atomic E-state index is 0.0649. The zero-order valence-electron chi connectivity index (χ0n) is 10.3. The molecule has 1 aromatic heterocycles. The van der Waals surface area contributed by atoms with Gasteiger partial charge in [0.05, 0.1) is 12.7 Å². The minimum Gasteiger partial charge on any atom is -0.493 e. The van der Waals surface area contributed by atoms with E-state index in [1.807, 2.05) is 6.07 Å². The van der Waals surface area contributed by atoms with Crippen molar-refractivity contribution in [3.63, 3.8) is 0 Å². The van der Waals surface area contributed by atoms with Crippen LogP contribution in [-0.4, -0.2) is 18.5 Å². The topological polar surface area (TPSA) is 58.0 Å². The van der Waals surface area contributed by atoms with Crippen LogP contribution in [-0.2, 0) is 0 Å². The van der Waals surface area contributed by atoms with E-state index in [1.165, 1.54) is 37.7 Å². The Hall–Kier alpha value is -2.62. The molecular weight excluding hydrogens is 273 g/mol. The summed E-state index contributed by atoms with van der Waals surface area (Å²) in [7, 11) is 1.24. The molecule has 20 heavy (non-hydrogen) atoms. The Morgan fingerprint density at radius 1 is 1.20 bits per heavy atom. The fraction of sp³-hybridized carbons (Fsp3) is 0.154. The number of hydrogen-bond acceptors (Lipinski definition) is 3. The third-order valence-corrected chi connectivity index (χ3v) is 2.57. The van der Waals surface area contributed by atoms with Gasteiger partial charge in [-0.2, -0.15) is 5.26 Å². The number of nitriles is 1. The Morgan fingerprint density at radius 3 is 2.55 bits per heavy atom. The van der Waals surface area contributed by atoms with E-state index in [2.05, 4.69) is 9.72 Å². The Kier molecular flexibility index (Phi) is 3.57. The summed E-state index contributed by atoms with van der Waals surface area (Å²) in [5, 5.41) is 8.95. The first-order chi connectivity index (χ1) is 9.46. The van der Waals surface area contributed by atoms with E-state index >= 15 is 0 Å². The van der Waals surface area contributed by atoms with Crippen LogP contribution in [0.2, 0.25) is 0 Å². The molecular formula is C13H9F3N2O2. The summed E-state index contributed by atoms with van der Waals surface area (Å²) in [4.78, 5) is 2.68. The van der Waals surface area contributed by atoms with Crippen LogP contribution in [0.5, 0.6) is 11.5 Å². The van der Waals surface area contributed by atoms with Crippen molar-refractivity contribution in [1.29, 1.82) is 5.26 Å². The standard InChI is InChI=1S/C13H9F3N2O2/c1-19-11-4-2-3-9(12(11)20-13(14,15)16)10-7-18-6-8(10)5-17/h2-4,6-7,18H,1H3. The molecule has 0 saturated heterocycles. The SMILES string of the molecule is COc1cccc(-c2c[nH]cc2C#N)c1OC(F)(F)F. The van der Waals surface area contributed by atoms with E-state index in [-0.39, 0.29) is 16.9 Å². The maximum Gasteiger partial charge on any atom is 0.573 e. The van der Waals surface area contributed by atoms with E-state index < -0.39 is 12.1 Å². The highest BCUT2D eigenvalue weighted by Gasteiger charge is 2.34. The van der Waals surface area contributed by atoms with Crippen molar-refractivity contribution in [3.05, 3.63) is 36.2 Å². The molecule has 1 heterocycles. The highest BCUT2D eigenvalue weighted by molar-refractivity contribution is 5.77. The number of nitrogens with one attached hydrogen (secondary N) is 1. The number of hydrogen-bond donors (Lipinski definition) is 1. The normalized spacial score (nSPS) is 10.9. The smallest absolute Gasteiger partial charge is 0.493 e. The number of aromatic nitrogens is 1. The largest absolute Gasteiger partial charge is 0.573 e. The number of ether oxygens (including phenoxy) is 2. The van der Waals surface area contributed by atoms with Crippen LogP contribution in [0.1, 0.15) is 5.56 Å². The quantitative estimate of drug-likeness (QED) is 0.937. The van der Waals surface area contributed by atoms with Gasteiger partial charge in [0.1, 0.15) is 6.07 Å². The van der Waals surface area contributed by atoms with Crippen LogP contribution in [0.4, 0.5) is 13.2 Å². The number of rotatable bonds is 3. The van der Waals surface area contributed by atoms with Gasteiger partial charge in [0.15, 0.2) is 11.5 Å². The number of halogens is 3. The first kappa shape index (κ1) is 13.8. The molecule has 0 radical (unpaired) electrons. The van der Waals surface area contributed by atoms with Crippen molar-refractivity contribution in [3.8, 4) is 28.7 Å². The molecule has 104 valence electrons. The average molecular weight is 282 g/mol. The Balaban J connectivity index is 2.62. The maximum atomic E-state index is 12.5. The molecule has 4 nitrogen and oxygen atoms in total. The van der Waals surface area contributed by atoms with Crippen LogP contribution >= 0.6 is 0 Å². The third-order valence-electron chi connectivity index (χ3n) is 2.57. The van der Waals surface area contributed by atoms with Gasteiger partial charge in [0.25, 0.3) is 0 Å². The summed E-state index contributed by atoms with van der Waals surface area (Å²) >= 11 is 0. The molecule has 0 aliphatic carbocycles. The van der Waals surface area contributed by atoms with Crippen LogP contribution in [0, 0.1) is 11.3 Å². The second kappa shape index (κ2) is 5.17. The second-order valence-corrected chi connectivity index (χ2v) is 3.78. The van der Waals surface area contributed by atoms with Crippen molar-refractivity contribution >= 4 is 0 Å². The summed E-state index contributed by atoms with van der Waals surface area (Å²) in [6.07, 6.45) is -2.03. The van der Waals surface area contributed by atoms with E-state index in [4.69, 9.17) is 10.00 Å². The van der Waals surface area contributed by atoms with E-state index in [0.717, 1.165) is 0 Å². The Labute approximate surface area is 112 Å². The lowest BCUT2D eigenvalue weighted by Gasteiger charge is -2.16. The lowest BCUT2D eigenvalue weighted by molar-refractivity contribution is -0.274. The number of H-pyrrole nitrogens is 1. The number of aromatic amines is 1. The number of nitrogens with zero attached hydrogens (tertiary/aromatic N) is 1. The molecule has 0 atom stereocenters. The first-order valence-corrected chi connectivity index (χ1v) is 5.46. The number of benzene rings is 1. The van der Waals surface area contributed by atoms with Gasteiger partial charge in [-0.3, -0.25) is 0 Å². The fourth-order valence-corrected chi connectivity index (χ4v) is 1.79. The summed E-state index contributed by atoms with van der Waals surface area (Å²) in [5.41, 5.74) is 0.649. The minimum atomic E-state index is -4.85. The zero-order chi connectivity index (χ0) is 14.8. The summed E-state index contributed by atoms with van der Waals surface area (Å²) in [5.74, 6) is -0.538. The van der Waals surface area contributed by atoms with Gasteiger partial charge < -0.3 is 14.5 Å². The predicted octanol–water partition coefficient (Wildman–Crippen LogP) is 3.46. The van der Waals surface area contributed by atoms with Crippen molar-refractivity contribution in [2.75, 3.05) is 7.11 Å². The van der Waals surface area contributed by atoms with Crippen molar-refractivity contribution in [2.24, 2.45) is 0 Å². The van der Waals surface area contributed by atoms with Gasteiger partial charge in [-0.15, -0.1) is 13.2 Å². The molecule has 0 aliphatic rings. The molecule has 0 amide bonds. The molecule has 0 unspecified atom stereocenters. The van der Waals surface area contributed by atoms with Gasteiger partial charge in [-0.05, 0) is 6.07 Å². The molecule has 7 heteroatoms. The number of alkyl halides is 3. The van der Waals surface area contributed by atoms with Crippen LogP contribution in [0.25, 0.3) is 11.1 Å². The van der Waals surface area contributed by atoms with Gasteiger partial charge in [-0.25, -0.2) is 0 Å². The molecule has 1 N–H and O–H groups in total. The molecule has 0 aliphatic heterocycles. The van der Waals surface area contributed by atoms with Crippen molar-refractivity contribution in [2.45, 2.75) is 6.36 Å². The van der Waals surface area contributed by atoms with Gasteiger partial charge >= 0.3 is 6.36 Å². The fourth-order valence-electron chi connectivity index (χ4n) is 1.79. The molecule has 0 spiro atoms. The Bertz CT molecular complexity index is 656. The van der Waals surface area contributed by atoms with Crippen molar-refractivity contribution in [1.82, 2.24) is 4.98 Å². The van der Waals surface area contributed by atoms with Crippen LogP contribution < -0.4 is 9.47 Å². The summed E-state index contributed by atoms with van der Waals surface area (Å²) in [6.45, 7) is 0. The predicted molar refractivity (Wildman–Crippen MR) is 64.2 cm³/mol. The van der Waals surface area contributed by atoms with E-state index in [0.29, 0.717) is 5.56 Å². The van der Waals surface area contributed by atoms with Crippen molar-refractivity contribution < 1.29 is 22.6 Å². The number of para-hydroxylation sites is 1. The molecule has 2 rings (SSSR count). The monoisotopic (exact) mass is 282 g/mol. The van der Waals surface area contributed by atoms with E-state index in [1.54, 1.807) is 0 Å². The molecule has 2 aromatic rings. The van der Waals surface area contributed by atoms with E-state index in [9.17, 15) is 13.2 Å². The molecule has 0 bridgehead atoms. The summed E-state index contributed by atoms with van der Waals surface area (Å²) < 4.78 is 46.4. The average Bonchev–Trinajstić information content (AvgIpc) is 2.85. The van der Waals surface area contributed by atoms with Gasteiger partial charge in [-0.1, -0.05) is 12.1 Å². The van der Waals surface area contributed by atoms with Crippen LogP contribution in [0.15, 0.2) is 30.6 Å². The molecule has 1 aromatic carbocycles. The lowest BCUT2D eigenvalue weighted by Crippen LogP contribution is -2.18. The van der Waals surface area contributed by atoms with Gasteiger partial charge in [0.2, 0.25) is 0 Å². The highest BCUT2D eigenvalue weighted by atomic mass is 19.4.